The van der Waals surface area contributed by atoms with Gasteiger partial charge in [0.1, 0.15) is 18.2 Å². The van der Waals surface area contributed by atoms with Crippen LogP contribution in [0.15, 0.2) is 16.9 Å². The Kier molecular flexibility index (Phi) is 4.15. The van der Waals surface area contributed by atoms with Crippen molar-refractivity contribution in [2.45, 2.75) is 0 Å². The van der Waals surface area contributed by atoms with Crippen LogP contribution in [0.4, 0.5) is 0 Å². The Labute approximate surface area is 74.9 Å². The first kappa shape index (κ1) is 10.5. The van der Waals surface area contributed by atoms with Gasteiger partial charge in [0.25, 0.3) is 0 Å². The average Bonchev–Trinajstić information content (AvgIpc) is 2.18. The van der Waals surface area contributed by atoms with Gasteiger partial charge in [-0.15, -0.1) is 0 Å². The molecule has 0 aliphatic heterocycles. The topological polar surface area (TPSA) is 104 Å². The van der Waals surface area contributed by atoms with E-state index in [1.807, 2.05) is 0 Å². The zero-order chi connectivity index (χ0) is 10.3. The fraction of sp³-hybridized carbons (Fsp3) is 0.125. The Morgan fingerprint density at radius 1 is 1.15 bits per heavy atom. The normalized spacial score (nSPS) is 6.62. The van der Waals surface area contributed by atoms with Gasteiger partial charge in [0.15, 0.2) is 16.9 Å². The first-order chi connectivity index (χ1) is 6.24. The summed E-state index contributed by atoms with van der Waals surface area (Å²) < 4.78 is 4.63. The molecule has 13 heavy (non-hydrogen) atoms. The molecule has 0 rings (SSSR count). The second-order valence-corrected chi connectivity index (χ2v) is 1.74. The van der Waals surface area contributed by atoms with Gasteiger partial charge in [0.05, 0.1) is 7.11 Å². The maximum atomic E-state index is 8.46. The molecule has 0 aromatic rings. The Balaban J connectivity index is 5.56. The van der Waals surface area contributed by atoms with Crippen molar-refractivity contribution in [2.75, 3.05) is 7.11 Å². The highest BCUT2D eigenvalue weighted by Gasteiger charge is 2.11. The van der Waals surface area contributed by atoms with Crippen LogP contribution in [0.25, 0.3) is 0 Å². The first-order valence-electron chi connectivity index (χ1n) is 3.03. The SMILES string of the molecule is COC(C(=C=N)C#N)=C(C#N)C#N. The fourth-order valence-electron chi connectivity index (χ4n) is 0.591. The minimum absolute atomic E-state index is 0.220. The summed E-state index contributed by atoms with van der Waals surface area (Å²) in [7, 11) is 1.21. The molecular formula is C8H4N4O. The highest BCUT2D eigenvalue weighted by Crippen LogP contribution is 2.11. The molecule has 5 heteroatoms. The largest absolute Gasteiger partial charge is 0.492 e. The molecule has 0 heterocycles. The second-order valence-electron chi connectivity index (χ2n) is 1.74. The Hall–Kier alpha value is -2.54. The molecule has 0 aliphatic carbocycles. The van der Waals surface area contributed by atoms with Crippen LogP contribution in [0.2, 0.25) is 0 Å². The molecule has 0 aliphatic rings. The maximum Gasteiger partial charge on any atom is 0.174 e. The summed E-state index contributed by atoms with van der Waals surface area (Å²) in [5.74, 6) is 1.55. The van der Waals surface area contributed by atoms with E-state index in [-0.39, 0.29) is 16.9 Å². The van der Waals surface area contributed by atoms with E-state index in [4.69, 9.17) is 21.2 Å². The molecule has 1 N–H and O–H groups in total. The summed E-state index contributed by atoms with van der Waals surface area (Å²) in [6.45, 7) is 0. The third-order valence-corrected chi connectivity index (χ3v) is 1.12. The lowest BCUT2D eigenvalue weighted by molar-refractivity contribution is 0.302. The lowest BCUT2D eigenvalue weighted by atomic mass is 10.2. The quantitative estimate of drug-likeness (QED) is 0.285. The molecule has 0 amide bonds. The lowest BCUT2D eigenvalue weighted by Gasteiger charge is -1.99. The van der Waals surface area contributed by atoms with Crippen LogP contribution in [0.3, 0.4) is 0 Å². The van der Waals surface area contributed by atoms with E-state index in [9.17, 15) is 0 Å². The monoisotopic (exact) mass is 172 g/mol. The van der Waals surface area contributed by atoms with Crippen molar-refractivity contribution in [3.63, 3.8) is 0 Å². The predicted molar refractivity (Wildman–Crippen MR) is 42.1 cm³/mol. The van der Waals surface area contributed by atoms with Crippen LogP contribution in [-0.2, 0) is 4.74 Å². The van der Waals surface area contributed by atoms with Gasteiger partial charge >= 0.3 is 0 Å². The van der Waals surface area contributed by atoms with Crippen molar-refractivity contribution in [1.29, 1.82) is 21.2 Å². The molecular weight excluding hydrogens is 168 g/mol. The Morgan fingerprint density at radius 3 is 1.92 bits per heavy atom. The molecule has 62 valence electrons. The van der Waals surface area contributed by atoms with Gasteiger partial charge in [0, 0.05) is 5.87 Å². The molecule has 0 aromatic heterocycles. The molecule has 0 fully saturated rings. The van der Waals surface area contributed by atoms with Gasteiger partial charge in [-0.05, 0) is 0 Å². The summed E-state index contributed by atoms with van der Waals surface area (Å²) in [5, 5.41) is 32.1. The average molecular weight is 172 g/mol. The van der Waals surface area contributed by atoms with Crippen LogP contribution < -0.4 is 0 Å². The van der Waals surface area contributed by atoms with Crippen molar-refractivity contribution in [2.24, 2.45) is 0 Å². The van der Waals surface area contributed by atoms with Gasteiger partial charge in [-0.1, -0.05) is 0 Å². The van der Waals surface area contributed by atoms with Crippen molar-refractivity contribution < 1.29 is 4.74 Å². The number of rotatable bonds is 2. The van der Waals surface area contributed by atoms with Crippen LogP contribution in [-0.4, -0.2) is 13.0 Å². The number of hydrogen-bond donors (Lipinski definition) is 1. The van der Waals surface area contributed by atoms with E-state index >= 15 is 0 Å². The van der Waals surface area contributed by atoms with E-state index < -0.39 is 0 Å². The van der Waals surface area contributed by atoms with Crippen LogP contribution in [0.1, 0.15) is 0 Å². The summed E-state index contributed by atoms with van der Waals surface area (Å²) >= 11 is 0. The summed E-state index contributed by atoms with van der Waals surface area (Å²) in [4.78, 5) is 0. The zero-order valence-corrected chi connectivity index (χ0v) is 6.75. The highest BCUT2D eigenvalue weighted by atomic mass is 16.5. The molecule has 5 nitrogen and oxygen atoms in total. The van der Waals surface area contributed by atoms with E-state index in [1.54, 1.807) is 24.1 Å². The van der Waals surface area contributed by atoms with Crippen molar-refractivity contribution in [3.8, 4) is 18.2 Å². The number of nitrogens with zero attached hydrogens (tertiary/aromatic N) is 3. The second kappa shape index (κ2) is 5.16. The van der Waals surface area contributed by atoms with Crippen molar-refractivity contribution >= 4 is 5.87 Å². The van der Waals surface area contributed by atoms with E-state index in [0.29, 0.717) is 0 Å². The summed E-state index contributed by atoms with van der Waals surface area (Å²) in [5.41, 5.74) is -0.626. The molecule has 0 atom stereocenters. The Morgan fingerprint density at radius 2 is 1.69 bits per heavy atom. The van der Waals surface area contributed by atoms with Crippen molar-refractivity contribution in [3.05, 3.63) is 16.9 Å². The third-order valence-electron chi connectivity index (χ3n) is 1.12. The number of nitrogens with one attached hydrogen (secondary N) is 1. The number of methoxy groups -OCH3 is 1. The smallest absolute Gasteiger partial charge is 0.174 e. The number of allylic oxidation sites excluding steroid dienone is 2. The van der Waals surface area contributed by atoms with Crippen molar-refractivity contribution in [1.82, 2.24) is 0 Å². The highest BCUT2D eigenvalue weighted by molar-refractivity contribution is 5.69. The molecule has 0 radical (unpaired) electrons. The summed E-state index contributed by atoms with van der Waals surface area (Å²) in [6, 6.07) is 4.69. The number of nitriles is 3. The molecule has 0 saturated carbocycles. The molecule has 0 unspecified atom stereocenters. The predicted octanol–water partition coefficient (Wildman–Crippen LogP) is 0.633. The Bertz CT molecular complexity index is 391. The zero-order valence-electron chi connectivity index (χ0n) is 6.75. The van der Waals surface area contributed by atoms with Crippen LogP contribution in [0.5, 0.6) is 0 Å². The minimum atomic E-state index is -0.348. The van der Waals surface area contributed by atoms with Gasteiger partial charge in [-0.2, -0.15) is 15.8 Å². The standard InChI is InChI=1S/C8H4N4O/c1-13-8(6(2-9)3-10)7(4-11)5-12/h9H,1H3. The number of hydrogen-bond acceptors (Lipinski definition) is 5. The maximum absolute atomic E-state index is 8.46. The van der Waals surface area contributed by atoms with Gasteiger partial charge in [0.2, 0.25) is 0 Å². The molecule has 0 spiro atoms. The first-order valence-corrected chi connectivity index (χ1v) is 3.03. The molecule has 0 bridgehead atoms. The van der Waals surface area contributed by atoms with Gasteiger partial charge in [-0.3, -0.25) is 5.41 Å². The van der Waals surface area contributed by atoms with Gasteiger partial charge in [-0.25, -0.2) is 0 Å². The van der Waals surface area contributed by atoms with E-state index in [2.05, 4.69) is 4.74 Å². The minimum Gasteiger partial charge on any atom is -0.492 e. The lowest BCUT2D eigenvalue weighted by Crippen LogP contribution is -1.95. The van der Waals surface area contributed by atoms with E-state index in [0.717, 1.165) is 0 Å². The van der Waals surface area contributed by atoms with Gasteiger partial charge < -0.3 is 4.74 Å². The summed E-state index contributed by atoms with van der Waals surface area (Å²) in [6.07, 6.45) is 0. The fourth-order valence-corrected chi connectivity index (χ4v) is 0.591. The number of ether oxygens (including phenoxy) is 1. The van der Waals surface area contributed by atoms with E-state index in [1.165, 1.54) is 7.11 Å². The van der Waals surface area contributed by atoms with Crippen LogP contribution >= 0.6 is 0 Å². The van der Waals surface area contributed by atoms with Crippen LogP contribution in [0, 0.1) is 39.4 Å². The third kappa shape index (κ3) is 2.20. The molecule has 0 aromatic carbocycles. The molecule has 0 saturated heterocycles.